The zero-order chi connectivity index (χ0) is 14.5. The summed E-state index contributed by atoms with van der Waals surface area (Å²) in [7, 11) is 0. The molecule has 110 valence electrons. The van der Waals surface area contributed by atoms with Crippen LogP contribution in [0.3, 0.4) is 0 Å². The topological polar surface area (TPSA) is 27.1 Å². The molecule has 20 heavy (non-hydrogen) atoms. The maximum atomic E-state index is 6.09. The third-order valence-electron chi connectivity index (χ3n) is 3.71. The average molecular weight is 295 g/mol. The molecule has 0 amide bonds. The van der Waals surface area contributed by atoms with Gasteiger partial charge in [-0.1, -0.05) is 24.6 Å². The average Bonchev–Trinajstić information content (AvgIpc) is 3.01. The molecule has 0 spiro atoms. The Kier molecular flexibility index (Phi) is 5.44. The van der Waals surface area contributed by atoms with E-state index in [1.807, 2.05) is 18.2 Å². The van der Waals surface area contributed by atoms with Crippen molar-refractivity contribution < 1.29 is 4.74 Å². The van der Waals surface area contributed by atoms with E-state index in [1.165, 1.54) is 5.69 Å². The number of aryl methyl sites for hydroxylation is 1. The summed E-state index contributed by atoms with van der Waals surface area (Å²) in [5, 5.41) is 0.767. The first-order chi connectivity index (χ1) is 9.61. The number of hydrogen-bond donors (Lipinski definition) is 0. The van der Waals surface area contributed by atoms with E-state index in [1.54, 1.807) is 0 Å². The maximum Gasteiger partial charge on any atom is 0.106 e. The molecule has 0 saturated carbocycles. The predicted molar refractivity (Wildman–Crippen MR) is 83.9 cm³/mol. The fourth-order valence-corrected chi connectivity index (χ4v) is 2.75. The van der Waals surface area contributed by atoms with Gasteiger partial charge in [-0.05, 0) is 38.8 Å². The van der Waals surface area contributed by atoms with E-state index in [0.717, 1.165) is 49.2 Å². The Morgan fingerprint density at radius 3 is 2.95 bits per heavy atom. The van der Waals surface area contributed by atoms with Crippen LogP contribution in [0.25, 0.3) is 6.08 Å². The lowest BCUT2D eigenvalue weighted by Crippen LogP contribution is -2.13. The van der Waals surface area contributed by atoms with E-state index < -0.39 is 0 Å². The van der Waals surface area contributed by atoms with E-state index in [0.29, 0.717) is 5.92 Å². The molecule has 1 aromatic rings. The number of nitrogens with zero attached hydrogens (tertiary/aromatic N) is 2. The minimum atomic E-state index is 0.613. The van der Waals surface area contributed by atoms with Crippen molar-refractivity contribution >= 4 is 17.7 Å². The van der Waals surface area contributed by atoms with Gasteiger partial charge < -0.3 is 9.30 Å². The summed E-state index contributed by atoms with van der Waals surface area (Å²) < 4.78 is 7.74. The second kappa shape index (κ2) is 7.09. The van der Waals surface area contributed by atoms with E-state index in [-0.39, 0.29) is 0 Å². The van der Waals surface area contributed by atoms with Gasteiger partial charge in [-0.3, -0.25) is 0 Å². The molecular weight excluding hydrogens is 272 g/mol. The summed E-state index contributed by atoms with van der Waals surface area (Å²) in [5.41, 5.74) is 2.20. The molecule has 0 aliphatic carbocycles. The molecule has 1 atom stereocenters. The fraction of sp³-hybridized carbons (Fsp3) is 0.562. The monoisotopic (exact) mass is 294 g/mol. The van der Waals surface area contributed by atoms with E-state index >= 15 is 0 Å². The standard InChI is InChI=1S/C16H23ClN2O/c1-4-5-15(17)6-7-16-12(2)19(13(3)18-16)10-14-8-9-20-11-14/h5-7,14H,4,8-11H2,1-3H3/b7-6-,15-5-. The Hall–Kier alpha value is -1.06. The van der Waals surface area contributed by atoms with E-state index in [4.69, 9.17) is 16.3 Å². The predicted octanol–water partition coefficient (Wildman–Crippen LogP) is 4.08. The van der Waals surface area contributed by atoms with Crippen LogP contribution in [0.1, 0.15) is 37.0 Å². The van der Waals surface area contributed by atoms with Crippen LogP contribution >= 0.6 is 11.6 Å². The van der Waals surface area contributed by atoms with Gasteiger partial charge in [-0.2, -0.15) is 0 Å². The van der Waals surface area contributed by atoms with Crippen molar-refractivity contribution in [2.45, 2.75) is 40.2 Å². The SMILES string of the molecule is CC/C=C(Cl)/C=C\c1nc(C)n(CC2CCOC2)c1C. The zero-order valence-corrected chi connectivity index (χ0v) is 13.3. The Labute approximate surface area is 126 Å². The van der Waals surface area contributed by atoms with Crippen LogP contribution in [0.5, 0.6) is 0 Å². The van der Waals surface area contributed by atoms with Crippen LogP contribution in [-0.2, 0) is 11.3 Å². The number of aromatic nitrogens is 2. The lowest BCUT2D eigenvalue weighted by Gasteiger charge is -2.12. The first-order valence-electron chi connectivity index (χ1n) is 7.27. The summed E-state index contributed by atoms with van der Waals surface area (Å²) in [6, 6.07) is 0. The summed E-state index contributed by atoms with van der Waals surface area (Å²) in [6.45, 7) is 9.01. The van der Waals surface area contributed by atoms with Gasteiger partial charge in [0.25, 0.3) is 0 Å². The smallest absolute Gasteiger partial charge is 0.106 e. The second-order valence-electron chi connectivity index (χ2n) is 5.30. The zero-order valence-electron chi connectivity index (χ0n) is 12.5. The molecule has 1 saturated heterocycles. The van der Waals surface area contributed by atoms with Gasteiger partial charge in [0.1, 0.15) is 5.82 Å². The highest BCUT2D eigenvalue weighted by atomic mass is 35.5. The van der Waals surface area contributed by atoms with Crippen LogP contribution in [0, 0.1) is 19.8 Å². The van der Waals surface area contributed by atoms with Gasteiger partial charge in [-0.25, -0.2) is 4.98 Å². The van der Waals surface area contributed by atoms with Crippen molar-refractivity contribution in [3.05, 3.63) is 34.4 Å². The number of ether oxygens (including phenoxy) is 1. The Balaban J connectivity index is 2.13. The van der Waals surface area contributed by atoms with Crippen LogP contribution in [0.2, 0.25) is 0 Å². The van der Waals surface area contributed by atoms with Crippen molar-refractivity contribution in [1.29, 1.82) is 0 Å². The van der Waals surface area contributed by atoms with Gasteiger partial charge >= 0.3 is 0 Å². The highest BCUT2D eigenvalue weighted by Gasteiger charge is 2.18. The quantitative estimate of drug-likeness (QED) is 0.765. The molecule has 1 aliphatic rings. The molecule has 2 rings (SSSR count). The second-order valence-corrected chi connectivity index (χ2v) is 5.74. The molecule has 3 nitrogen and oxygen atoms in total. The van der Waals surface area contributed by atoms with Crippen LogP contribution in [-0.4, -0.2) is 22.8 Å². The fourth-order valence-electron chi connectivity index (χ4n) is 2.53. The van der Waals surface area contributed by atoms with Crippen molar-refractivity contribution in [2.24, 2.45) is 5.92 Å². The highest BCUT2D eigenvalue weighted by molar-refractivity contribution is 6.31. The Morgan fingerprint density at radius 2 is 2.30 bits per heavy atom. The van der Waals surface area contributed by atoms with Gasteiger partial charge in [-0.15, -0.1) is 0 Å². The summed E-state index contributed by atoms with van der Waals surface area (Å²) in [6.07, 6.45) is 8.00. The van der Waals surface area contributed by atoms with Crippen molar-refractivity contribution in [3.63, 3.8) is 0 Å². The molecule has 2 heterocycles. The highest BCUT2D eigenvalue weighted by Crippen LogP contribution is 2.20. The molecule has 1 fully saturated rings. The molecule has 0 aromatic carbocycles. The largest absolute Gasteiger partial charge is 0.381 e. The minimum Gasteiger partial charge on any atom is -0.381 e. The molecule has 0 N–H and O–H groups in total. The molecule has 1 aliphatic heterocycles. The van der Waals surface area contributed by atoms with Gasteiger partial charge in [0, 0.05) is 29.8 Å². The number of imidazole rings is 1. The number of rotatable bonds is 5. The molecule has 1 aromatic heterocycles. The maximum absolute atomic E-state index is 6.09. The normalized spacial score (nSPS) is 20.2. The van der Waals surface area contributed by atoms with Crippen LogP contribution < -0.4 is 0 Å². The van der Waals surface area contributed by atoms with Gasteiger partial charge in [0.2, 0.25) is 0 Å². The lowest BCUT2D eigenvalue weighted by molar-refractivity contribution is 0.182. The Bertz CT molecular complexity index is 511. The van der Waals surface area contributed by atoms with Gasteiger partial charge in [0.15, 0.2) is 0 Å². The van der Waals surface area contributed by atoms with Crippen LogP contribution in [0.15, 0.2) is 17.2 Å². The summed E-state index contributed by atoms with van der Waals surface area (Å²) >= 11 is 6.09. The van der Waals surface area contributed by atoms with E-state index in [9.17, 15) is 0 Å². The Morgan fingerprint density at radius 1 is 1.50 bits per heavy atom. The lowest BCUT2D eigenvalue weighted by atomic mass is 10.1. The first-order valence-corrected chi connectivity index (χ1v) is 7.64. The van der Waals surface area contributed by atoms with E-state index in [2.05, 4.69) is 30.3 Å². The van der Waals surface area contributed by atoms with Crippen molar-refractivity contribution in [2.75, 3.05) is 13.2 Å². The molecule has 0 bridgehead atoms. The van der Waals surface area contributed by atoms with Gasteiger partial charge in [0.05, 0.1) is 12.3 Å². The summed E-state index contributed by atoms with van der Waals surface area (Å²) in [5.74, 6) is 1.67. The first kappa shape index (κ1) is 15.3. The summed E-state index contributed by atoms with van der Waals surface area (Å²) in [4.78, 5) is 4.63. The molecule has 0 radical (unpaired) electrons. The molecule has 1 unspecified atom stereocenters. The third-order valence-corrected chi connectivity index (χ3v) is 3.99. The number of allylic oxidation sites excluding steroid dienone is 3. The number of halogens is 1. The van der Waals surface area contributed by atoms with Crippen molar-refractivity contribution in [3.8, 4) is 0 Å². The van der Waals surface area contributed by atoms with Crippen LogP contribution in [0.4, 0.5) is 0 Å². The van der Waals surface area contributed by atoms with Crippen molar-refractivity contribution in [1.82, 2.24) is 9.55 Å². The number of hydrogen-bond acceptors (Lipinski definition) is 2. The molecular formula is C16H23ClN2O. The third kappa shape index (κ3) is 3.74. The molecule has 4 heteroatoms. The minimum absolute atomic E-state index is 0.613.